The van der Waals surface area contributed by atoms with Crippen molar-refractivity contribution in [2.75, 3.05) is 56.2 Å². The van der Waals surface area contributed by atoms with Crippen LogP contribution in [0.15, 0.2) is 37.2 Å². The number of carbonyl (C=O) groups is 1. The Hall–Kier alpha value is -3.21. The molecule has 0 spiro atoms. The van der Waals surface area contributed by atoms with Gasteiger partial charge in [0.05, 0.1) is 30.5 Å². The first kappa shape index (κ1) is 23.5. The van der Waals surface area contributed by atoms with Crippen LogP contribution >= 0.6 is 0 Å². The molecule has 1 aromatic heterocycles. The van der Waals surface area contributed by atoms with Crippen LogP contribution in [0.5, 0.6) is 5.75 Å². The maximum Gasteiger partial charge on any atom is 0.246 e. The molecule has 10 heteroatoms. The molecular formula is C25H33N7O3. The molecule has 0 radical (unpaired) electrons. The van der Waals surface area contributed by atoms with E-state index in [-0.39, 0.29) is 11.9 Å². The molecule has 1 aromatic carbocycles. The highest BCUT2D eigenvalue weighted by Gasteiger charge is 2.32. The summed E-state index contributed by atoms with van der Waals surface area (Å²) in [5.41, 5.74) is 3.13. The van der Waals surface area contributed by atoms with Gasteiger partial charge in [-0.05, 0) is 43.0 Å². The molecule has 0 bridgehead atoms. The number of carbonyl (C=O) groups excluding carboxylic acids is 1. The van der Waals surface area contributed by atoms with E-state index in [1.807, 2.05) is 11.1 Å². The number of nitrogens with one attached hydrogen (secondary N) is 1. The van der Waals surface area contributed by atoms with Gasteiger partial charge >= 0.3 is 0 Å². The highest BCUT2D eigenvalue weighted by Crippen LogP contribution is 2.36. The van der Waals surface area contributed by atoms with E-state index in [4.69, 9.17) is 15.3 Å². The number of fused-ring (bicyclic) bond motifs is 2. The monoisotopic (exact) mass is 479 g/mol. The number of hydrogen-bond donors (Lipinski definition) is 2. The lowest BCUT2D eigenvalue weighted by Crippen LogP contribution is -2.62. The Kier molecular flexibility index (Phi) is 7.12. The Morgan fingerprint density at radius 1 is 1.26 bits per heavy atom. The van der Waals surface area contributed by atoms with E-state index in [2.05, 4.69) is 38.9 Å². The van der Waals surface area contributed by atoms with Crippen molar-refractivity contribution in [1.82, 2.24) is 19.9 Å². The lowest BCUT2D eigenvalue weighted by Gasteiger charge is -2.43. The number of nitrogens with zero attached hydrogens (tertiary/aromatic N) is 5. The zero-order valence-electron chi connectivity index (χ0n) is 20.0. The number of benzene rings is 1. The van der Waals surface area contributed by atoms with E-state index in [1.165, 1.54) is 11.6 Å². The first-order chi connectivity index (χ1) is 17.1. The van der Waals surface area contributed by atoms with Gasteiger partial charge in [0.1, 0.15) is 30.3 Å². The molecule has 3 N–H and O–H groups in total. The van der Waals surface area contributed by atoms with Gasteiger partial charge in [-0.2, -0.15) is 0 Å². The number of rotatable bonds is 8. The quantitative estimate of drug-likeness (QED) is 0.254. The zero-order chi connectivity index (χ0) is 24.2. The van der Waals surface area contributed by atoms with Gasteiger partial charge < -0.3 is 24.6 Å². The Bertz CT molecular complexity index is 1070. The number of ether oxygens (including phenoxy) is 2. The van der Waals surface area contributed by atoms with Crippen molar-refractivity contribution in [3.05, 3.63) is 48.3 Å². The van der Waals surface area contributed by atoms with Crippen LogP contribution in [0.2, 0.25) is 0 Å². The van der Waals surface area contributed by atoms with Crippen molar-refractivity contribution in [3.8, 4) is 5.75 Å². The van der Waals surface area contributed by atoms with E-state index < -0.39 is 0 Å². The molecule has 3 aliphatic rings. The minimum atomic E-state index is -0.0261. The number of likely N-dealkylation sites (tertiary alicyclic amines) is 1. The lowest BCUT2D eigenvalue weighted by atomic mass is 10.1. The summed E-state index contributed by atoms with van der Waals surface area (Å²) in [5.74, 6) is 8.70. The molecule has 2 saturated heterocycles. The smallest absolute Gasteiger partial charge is 0.246 e. The molecule has 2 fully saturated rings. The average Bonchev–Trinajstić information content (AvgIpc) is 3.05. The van der Waals surface area contributed by atoms with Gasteiger partial charge in [0.25, 0.3) is 0 Å². The standard InChI is InChI=1S/C25H33N7O3/c1-2-23(33)31-14-19(15-31)32(26)8-4-3-5-18-6-7-22-21(13-18)29-24-20(16-35-22)25(28-17-27-24)30-9-11-34-12-10-30/h2,6-7,13,17,19H,1,3-5,8-12,14-16,26H2,(H,27,28,29). The minimum Gasteiger partial charge on any atom is -0.486 e. The number of morpholine rings is 1. The summed E-state index contributed by atoms with van der Waals surface area (Å²) in [7, 11) is 0. The SMILES string of the molecule is C=CC(=O)N1CC(N(N)CCCCc2ccc3c(c2)Nc2ncnc(N4CCOCC4)c2CO3)C1. The van der Waals surface area contributed by atoms with Crippen LogP contribution < -0.4 is 20.8 Å². The first-order valence-electron chi connectivity index (χ1n) is 12.2. The fraction of sp³-hybridized carbons (Fsp3) is 0.480. The van der Waals surface area contributed by atoms with E-state index in [9.17, 15) is 4.79 Å². The Balaban J connectivity index is 1.15. The van der Waals surface area contributed by atoms with Crippen molar-refractivity contribution >= 4 is 23.2 Å². The molecule has 4 heterocycles. The molecular weight excluding hydrogens is 446 g/mol. The van der Waals surface area contributed by atoms with E-state index >= 15 is 0 Å². The number of aryl methyl sites for hydroxylation is 1. The second kappa shape index (κ2) is 10.6. The molecule has 0 atom stereocenters. The molecule has 0 unspecified atom stereocenters. The highest BCUT2D eigenvalue weighted by atomic mass is 16.5. The maximum atomic E-state index is 11.6. The van der Waals surface area contributed by atoms with Crippen molar-refractivity contribution in [2.45, 2.75) is 31.9 Å². The summed E-state index contributed by atoms with van der Waals surface area (Å²) in [4.78, 5) is 24.6. The van der Waals surface area contributed by atoms with Crippen LogP contribution in [0.25, 0.3) is 0 Å². The Labute approximate surface area is 205 Å². The summed E-state index contributed by atoms with van der Waals surface area (Å²) in [6.45, 7) is 9.14. The highest BCUT2D eigenvalue weighted by molar-refractivity contribution is 5.87. The minimum absolute atomic E-state index is 0.0261. The van der Waals surface area contributed by atoms with E-state index in [0.717, 1.165) is 67.5 Å². The topological polar surface area (TPSA) is 109 Å². The van der Waals surface area contributed by atoms with Crippen LogP contribution in [0, 0.1) is 0 Å². The second-order valence-corrected chi connectivity index (χ2v) is 9.16. The van der Waals surface area contributed by atoms with E-state index in [1.54, 1.807) is 11.2 Å². The molecule has 10 nitrogen and oxygen atoms in total. The number of aromatic nitrogens is 2. The number of hydrogen-bond acceptors (Lipinski definition) is 9. The second-order valence-electron chi connectivity index (χ2n) is 9.16. The van der Waals surface area contributed by atoms with Gasteiger partial charge in [-0.3, -0.25) is 10.6 Å². The molecule has 186 valence electrons. The van der Waals surface area contributed by atoms with Crippen molar-refractivity contribution in [3.63, 3.8) is 0 Å². The summed E-state index contributed by atoms with van der Waals surface area (Å²) < 4.78 is 11.6. The summed E-state index contributed by atoms with van der Waals surface area (Å²) in [6.07, 6.45) is 5.92. The zero-order valence-corrected chi connectivity index (χ0v) is 20.0. The molecule has 3 aliphatic heterocycles. The Morgan fingerprint density at radius 2 is 2.09 bits per heavy atom. The summed E-state index contributed by atoms with van der Waals surface area (Å²) in [5, 5.41) is 5.34. The van der Waals surface area contributed by atoms with Crippen molar-refractivity contribution < 1.29 is 14.3 Å². The maximum absolute atomic E-state index is 11.6. The normalized spacial score (nSPS) is 17.5. The van der Waals surface area contributed by atoms with Crippen LogP contribution in [0.4, 0.5) is 17.3 Å². The number of nitrogens with two attached hydrogens (primary N) is 1. The number of unbranched alkanes of at least 4 members (excludes halogenated alkanes) is 1. The van der Waals surface area contributed by atoms with Gasteiger partial charge in [-0.1, -0.05) is 12.6 Å². The molecule has 35 heavy (non-hydrogen) atoms. The van der Waals surface area contributed by atoms with Gasteiger partial charge in [0, 0.05) is 32.7 Å². The van der Waals surface area contributed by atoms with Crippen LogP contribution in [-0.2, 0) is 22.6 Å². The van der Waals surface area contributed by atoms with Crippen LogP contribution in [0.1, 0.15) is 24.0 Å². The van der Waals surface area contributed by atoms with Gasteiger partial charge in [0.2, 0.25) is 5.91 Å². The largest absolute Gasteiger partial charge is 0.486 e. The third-order valence-electron chi connectivity index (χ3n) is 6.85. The van der Waals surface area contributed by atoms with Crippen LogP contribution in [-0.4, -0.2) is 77.8 Å². The fourth-order valence-electron chi connectivity index (χ4n) is 4.71. The lowest BCUT2D eigenvalue weighted by molar-refractivity contribution is -0.133. The molecule has 0 aliphatic carbocycles. The van der Waals surface area contributed by atoms with E-state index in [0.29, 0.717) is 32.9 Å². The number of amides is 1. The van der Waals surface area contributed by atoms with Gasteiger partial charge in [0.15, 0.2) is 0 Å². The number of hydrazine groups is 1. The predicted octanol–water partition coefficient (Wildman–Crippen LogP) is 1.84. The van der Waals surface area contributed by atoms with Crippen LogP contribution in [0.3, 0.4) is 0 Å². The molecule has 5 rings (SSSR count). The summed E-state index contributed by atoms with van der Waals surface area (Å²) in [6, 6.07) is 6.53. The molecule has 1 amide bonds. The van der Waals surface area contributed by atoms with Crippen molar-refractivity contribution in [2.24, 2.45) is 5.84 Å². The number of anilines is 3. The summed E-state index contributed by atoms with van der Waals surface area (Å²) >= 11 is 0. The van der Waals surface area contributed by atoms with Crippen molar-refractivity contribution in [1.29, 1.82) is 0 Å². The predicted molar refractivity (Wildman–Crippen MR) is 134 cm³/mol. The Morgan fingerprint density at radius 3 is 2.89 bits per heavy atom. The van der Waals surface area contributed by atoms with Gasteiger partial charge in [-0.15, -0.1) is 0 Å². The van der Waals surface area contributed by atoms with Gasteiger partial charge in [-0.25, -0.2) is 15.0 Å². The fourth-order valence-corrected chi connectivity index (χ4v) is 4.71. The third-order valence-corrected chi connectivity index (χ3v) is 6.85. The first-order valence-corrected chi connectivity index (χ1v) is 12.2. The molecule has 0 saturated carbocycles. The third kappa shape index (κ3) is 5.24. The average molecular weight is 480 g/mol. The molecule has 2 aromatic rings.